The van der Waals surface area contributed by atoms with Crippen LogP contribution in [0.5, 0.6) is 0 Å². The molecule has 1 unspecified atom stereocenters. The normalized spacial score (nSPS) is 20.7. The molecule has 2 aliphatic rings. The number of likely N-dealkylation sites (N-methyl/N-ethyl adjacent to an activating group) is 1. The lowest BCUT2D eigenvalue weighted by atomic mass is 9.79. The van der Waals surface area contributed by atoms with Crippen molar-refractivity contribution in [3.63, 3.8) is 0 Å². The summed E-state index contributed by atoms with van der Waals surface area (Å²) < 4.78 is 0. The van der Waals surface area contributed by atoms with Crippen LogP contribution in [0, 0.1) is 0 Å². The number of benzene rings is 2. The molecule has 0 aliphatic carbocycles. The topological polar surface area (TPSA) is 56.4 Å². The summed E-state index contributed by atoms with van der Waals surface area (Å²) in [6.45, 7) is 2.54. The van der Waals surface area contributed by atoms with Gasteiger partial charge in [0.05, 0.1) is 5.69 Å². The van der Waals surface area contributed by atoms with E-state index < -0.39 is 5.54 Å². The largest absolute Gasteiger partial charge is 0.355 e. The van der Waals surface area contributed by atoms with Crippen LogP contribution in [0.2, 0.25) is 0 Å². The molecule has 0 radical (unpaired) electrons. The maximum atomic E-state index is 13.8. The highest BCUT2D eigenvalue weighted by atomic mass is 16.2. The number of hydrogen-bond acceptors (Lipinski definition) is 2. The summed E-state index contributed by atoms with van der Waals surface area (Å²) in [4.78, 5) is 34.0. The molecule has 5 heteroatoms. The van der Waals surface area contributed by atoms with Crippen LogP contribution in [0.25, 0.3) is 10.9 Å². The van der Waals surface area contributed by atoms with Gasteiger partial charge in [-0.05, 0) is 30.5 Å². The van der Waals surface area contributed by atoms with E-state index in [0.717, 1.165) is 46.3 Å². The number of H-pyrrole nitrogens is 1. The number of hydrogen-bond donors (Lipinski definition) is 1. The molecule has 1 aromatic heterocycles. The van der Waals surface area contributed by atoms with Crippen LogP contribution in [0.3, 0.4) is 0 Å². The summed E-state index contributed by atoms with van der Waals surface area (Å²) in [6.07, 6.45) is 1.95. The van der Waals surface area contributed by atoms with E-state index in [-0.39, 0.29) is 11.8 Å². The molecule has 1 spiro atoms. The van der Waals surface area contributed by atoms with Crippen LogP contribution >= 0.6 is 0 Å². The first-order valence-corrected chi connectivity index (χ1v) is 9.89. The van der Waals surface area contributed by atoms with Gasteiger partial charge in [-0.25, -0.2) is 0 Å². The molecular formula is C23H23N3O2. The number of amides is 2. The third kappa shape index (κ3) is 1.96. The fourth-order valence-corrected chi connectivity index (χ4v) is 5.00. The summed E-state index contributed by atoms with van der Waals surface area (Å²) in [5, 5.41) is 1.14. The van der Waals surface area contributed by atoms with Crippen molar-refractivity contribution in [3.8, 4) is 0 Å². The number of fused-ring (bicyclic) bond motifs is 6. The zero-order valence-corrected chi connectivity index (χ0v) is 16.2. The molecule has 5 nitrogen and oxygen atoms in total. The van der Waals surface area contributed by atoms with E-state index >= 15 is 0 Å². The highest BCUT2D eigenvalue weighted by Gasteiger charge is 2.59. The Balaban J connectivity index is 1.86. The fourth-order valence-electron chi connectivity index (χ4n) is 5.00. The third-order valence-electron chi connectivity index (χ3n) is 6.20. The van der Waals surface area contributed by atoms with Crippen molar-refractivity contribution in [2.24, 2.45) is 0 Å². The number of rotatable bonds is 2. The Kier molecular flexibility index (Phi) is 3.63. The highest BCUT2D eigenvalue weighted by molar-refractivity contribution is 6.12. The van der Waals surface area contributed by atoms with Crippen LogP contribution in [-0.4, -0.2) is 35.3 Å². The van der Waals surface area contributed by atoms with E-state index in [0.29, 0.717) is 13.0 Å². The Morgan fingerprint density at radius 2 is 1.89 bits per heavy atom. The lowest BCUT2D eigenvalue weighted by Crippen LogP contribution is -2.59. The SMILES string of the molecule is CCCC(=O)N1CCc2c([nH]c3ccccc23)C12C(=O)N(C)c1ccccc12. The van der Waals surface area contributed by atoms with Crippen molar-refractivity contribution in [2.75, 3.05) is 18.5 Å². The molecule has 3 heterocycles. The molecule has 0 saturated carbocycles. The third-order valence-corrected chi connectivity index (χ3v) is 6.20. The lowest BCUT2D eigenvalue weighted by molar-refractivity contribution is -0.144. The van der Waals surface area contributed by atoms with Crippen LogP contribution in [0.1, 0.15) is 36.6 Å². The van der Waals surface area contributed by atoms with E-state index in [1.54, 1.807) is 11.9 Å². The second-order valence-corrected chi connectivity index (χ2v) is 7.66. The molecule has 2 aliphatic heterocycles. The average molecular weight is 373 g/mol. The molecule has 0 saturated heterocycles. The van der Waals surface area contributed by atoms with E-state index in [1.807, 2.05) is 54.3 Å². The van der Waals surface area contributed by atoms with Gasteiger partial charge in [-0.2, -0.15) is 0 Å². The smallest absolute Gasteiger partial charge is 0.263 e. The van der Waals surface area contributed by atoms with Gasteiger partial charge in [0.25, 0.3) is 5.91 Å². The molecule has 142 valence electrons. The minimum atomic E-state index is -1.11. The Labute approximate surface area is 163 Å². The van der Waals surface area contributed by atoms with Crippen LogP contribution in [0.15, 0.2) is 48.5 Å². The minimum absolute atomic E-state index is 0.0326. The zero-order chi connectivity index (χ0) is 19.5. The lowest BCUT2D eigenvalue weighted by Gasteiger charge is -2.43. The summed E-state index contributed by atoms with van der Waals surface area (Å²) in [5.74, 6) is -0.0316. The number of para-hydroxylation sites is 2. The Morgan fingerprint density at radius 3 is 2.71 bits per heavy atom. The van der Waals surface area contributed by atoms with Gasteiger partial charge in [0.2, 0.25) is 5.91 Å². The van der Waals surface area contributed by atoms with Gasteiger partial charge in [0.15, 0.2) is 5.54 Å². The molecular weight excluding hydrogens is 350 g/mol. The van der Waals surface area contributed by atoms with Crippen LogP contribution in [-0.2, 0) is 21.5 Å². The monoisotopic (exact) mass is 373 g/mol. The summed E-state index contributed by atoms with van der Waals surface area (Å²) >= 11 is 0. The number of nitrogens with one attached hydrogen (secondary N) is 1. The van der Waals surface area contributed by atoms with Gasteiger partial charge in [-0.3, -0.25) is 9.59 Å². The van der Waals surface area contributed by atoms with E-state index in [4.69, 9.17) is 0 Å². The van der Waals surface area contributed by atoms with Crippen LogP contribution < -0.4 is 4.90 Å². The van der Waals surface area contributed by atoms with Crippen molar-refractivity contribution >= 4 is 28.4 Å². The first-order valence-electron chi connectivity index (χ1n) is 9.89. The fraction of sp³-hybridized carbons (Fsp3) is 0.304. The van der Waals surface area contributed by atoms with Gasteiger partial charge in [-0.15, -0.1) is 0 Å². The molecule has 28 heavy (non-hydrogen) atoms. The number of anilines is 1. The van der Waals surface area contributed by atoms with E-state index in [9.17, 15) is 9.59 Å². The molecule has 2 amide bonds. The maximum absolute atomic E-state index is 13.8. The molecule has 1 N–H and O–H groups in total. The first-order chi connectivity index (χ1) is 13.6. The summed E-state index contributed by atoms with van der Waals surface area (Å²) in [7, 11) is 1.80. The quantitative estimate of drug-likeness (QED) is 0.747. The van der Waals surface area contributed by atoms with Crippen LogP contribution in [0.4, 0.5) is 5.69 Å². The van der Waals surface area contributed by atoms with Crippen molar-refractivity contribution in [1.29, 1.82) is 0 Å². The van der Waals surface area contributed by atoms with Crippen molar-refractivity contribution in [2.45, 2.75) is 31.7 Å². The Morgan fingerprint density at radius 1 is 1.14 bits per heavy atom. The van der Waals surface area contributed by atoms with Gasteiger partial charge in [0, 0.05) is 42.2 Å². The van der Waals surface area contributed by atoms with Gasteiger partial charge in [-0.1, -0.05) is 43.3 Å². The van der Waals surface area contributed by atoms with Gasteiger partial charge in [0.1, 0.15) is 0 Å². The summed E-state index contributed by atoms with van der Waals surface area (Å²) in [5.41, 5.74) is 3.66. The Hall–Kier alpha value is -3.08. The molecule has 1 atom stereocenters. The number of nitrogens with zero attached hydrogens (tertiary/aromatic N) is 2. The zero-order valence-electron chi connectivity index (χ0n) is 16.2. The maximum Gasteiger partial charge on any atom is 0.263 e. The van der Waals surface area contributed by atoms with Crippen molar-refractivity contribution < 1.29 is 9.59 Å². The van der Waals surface area contributed by atoms with Gasteiger partial charge < -0.3 is 14.8 Å². The highest BCUT2D eigenvalue weighted by Crippen LogP contribution is 2.51. The minimum Gasteiger partial charge on any atom is -0.355 e. The molecule has 0 bridgehead atoms. The predicted molar refractivity (Wildman–Crippen MR) is 109 cm³/mol. The van der Waals surface area contributed by atoms with E-state index in [1.165, 1.54) is 0 Å². The number of carbonyl (C=O) groups is 2. The number of aromatic amines is 1. The number of aromatic nitrogens is 1. The second kappa shape index (κ2) is 5.96. The average Bonchev–Trinajstić information content (AvgIpc) is 3.20. The predicted octanol–water partition coefficient (Wildman–Crippen LogP) is 3.57. The first kappa shape index (κ1) is 17.0. The molecule has 0 fully saturated rings. The molecule has 5 rings (SSSR count). The Bertz CT molecular complexity index is 1120. The van der Waals surface area contributed by atoms with Crippen molar-refractivity contribution in [3.05, 3.63) is 65.4 Å². The standard InChI is InChI=1S/C23H23N3O2/c1-3-8-20(27)26-14-13-16-15-9-4-6-11-18(15)24-21(16)23(26)17-10-5-7-12-19(17)25(2)22(23)28/h4-7,9-12,24H,3,8,13-14H2,1-2H3. The molecule has 2 aromatic carbocycles. The number of carbonyl (C=O) groups excluding carboxylic acids is 2. The van der Waals surface area contributed by atoms with Gasteiger partial charge >= 0.3 is 0 Å². The summed E-state index contributed by atoms with van der Waals surface area (Å²) in [6, 6.07) is 16.0. The second-order valence-electron chi connectivity index (χ2n) is 7.66. The molecule has 3 aromatic rings. The van der Waals surface area contributed by atoms with Crippen molar-refractivity contribution in [1.82, 2.24) is 9.88 Å². The van der Waals surface area contributed by atoms with E-state index in [2.05, 4.69) is 11.1 Å².